The molecule has 0 fully saturated rings. The van der Waals surface area contributed by atoms with Crippen LogP contribution in [0.2, 0.25) is 0 Å². The quantitative estimate of drug-likeness (QED) is 0.735. The summed E-state index contributed by atoms with van der Waals surface area (Å²) in [5.74, 6) is -0.413. The summed E-state index contributed by atoms with van der Waals surface area (Å²) in [4.78, 5) is 16.5. The van der Waals surface area contributed by atoms with E-state index in [0.717, 1.165) is 46.3 Å². The van der Waals surface area contributed by atoms with Gasteiger partial charge in [-0.1, -0.05) is 25.5 Å². The number of carboxylic acids is 1. The number of unbranched alkanes of at least 4 members (excludes halogenated alkanes) is 1. The molecule has 0 aliphatic heterocycles. The number of carbonyl (C=O) groups is 1. The van der Waals surface area contributed by atoms with Crippen molar-refractivity contribution in [3.63, 3.8) is 0 Å². The number of hydrogen-bond donors (Lipinski definition) is 0. The molecule has 4 nitrogen and oxygen atoms in total. The predicted octanol–water partition coefficient (Wildman–Crippen LogP) is 2.74. The number of rotatable bonds is 7. The van der Waals surface area contributed by atoms with Gasteiger partial charge in [0.05, 0.1) is 13.1 Å². The number of aliphatic carboxylic acids is 1. The van der Waals surface area contributed by atoms with Crippen LogP contribution in [0.4, 0.5) is 0 Å². The van der Waals surface area contributed by atoms with Crippen LogP contribution < -0.4 is 9.84 Å². The molecule has 0 N–H and O–H groups in total. The summed E-state index contributed by atoms with van der Waals surface area (Å²) in [6.07, 6.45) is 3.04. The number of benzene rings is 1. The highest BCUT2D eigenvalue weighted by Gasteiger charge is 2.15. The lowest BCUT2D eigenvalue weighted by molar-refractivity contribution is -0.301. The van der Waals surface area contributed by atoms with Crippen molar-refractivity contribution in [3.05, 3.63) is 29.5 Å². The number of hydrogen-bond acceptors (Lipinski definition) is 5. The molecule has 2 rings (SSSR count). The van der Waals surface area contributed by atoms with Gasteiger partial charge in [-0.25, -0.2) is 4.98 Å². The Morgan fingerprint density at radius 1 is 1.41 bits per heavy atom. The zero-order valence-electron chi connectivity index (χ0n) is 13.1. The normalized spacial score (nSPS) is 10.9. The number of aryl methyl sites for hydroxylation is 1. The summed E-state index contributed by atoms with van der Waals surface area (Å²) in [5, 5.41) is 11.8. The van der Waals surface area contributed by atoms with E-state index in [2.05, 4.69) is 11.9 Å². The van der Waals surface area contributed by atoms with E-state index in [9.17, 15) is 9.90 Å². The van der Waals surface area contributed by atoms with Gasteiger partial charge in [-0.05, 0) is 31.4 Å². The van der Waals surface area contributed by atoms with Crippen molar-refractivity contribution in [2.75, 3.05) is 12.9 Å². The fraction of sp³-hybridized carbons (Fsp3) is 0.412. The summed E-state index contributed by atoms with van der Waals surface area (Å²) in [6, 6.07) is 5.75. The van der Waals surface area contributed by atoms with Crippen molar-refractivity contribution < 1.29 is 14.6 Å². The van der Waals surface area contributed by atoms with Crippen LogP contribution in [0.15, 0.2) is 23.1 Å². The third kappa shape index (κ3) is 3.53. The number of aromatic nitrogens is 1. The molecule has 0 aliphatic carbocycles. The molecule has 0 aliphatic rings. The van der Waals surface area contributed by atoms with E-state index in [-0.39, 0.29) is 5.75 Å². The van der Waals surface area contributed by atoms with Crippen molar-refractivity contribution in [2.45, 2.75) is 38.0 Å². The lowest BCUT2D eigenvalue weighted by atomic mass is 10.0. The number of nitrogens with zero attached hydrogens (tertiary/aromatic N) is 1. The number of carboxylic acid groups (broad SMARTS) is 1. The molecule has 0 spiro atoms. The third-order valence-electron chi connectivity index (χ3n) is 3.57. The van der Waals surface area contributed by atoms with E-state index in [4.69, 9.17) is 4.74 Å². The highest BCUT2D eigenvalue weighted by molar-refractivity contribution is 8.00. The summed E-state index contributed by atoms with van der Waals surface area (Å²) >= 11 is 1.31. The van der Waals surface area contributed by atoms with Gasteiger partial charge < -0.3 is 14.6 Å². The minimum Gasteiger partial charge on any atom is -0.549 e. The molecule has 2 aromatic rings. The Morgan fingerprint density at radius 3 is 2.82 bits per heavy atom. The number of pyridine rings is 1. The van der Waals surface area contributed by atoms with Crippen LogP contribution in [-0.2, 0) is 11.2 Å². The molecule has 118 valence electrons. The third-order valence-corrected chi connectivity index (χ3v) is 4.70. The maximum absolute atomic E-state index is 10.9. The van der Waals surface area contributed by atoms with Gasteiger partial charge in [0.15, 0.2) is 0 Å². The Hall–Kier alpha value is -1.75. The molecule has 1 heterocycles. The first-order chi connectivity index (χ1) is 10.6. The molecule has 0 unspecified atom stereocenters. The van der Waals surface area contributed by atoms with Crippen LogP contribution in [0, 0.1) is 6.92 Å². The van der Waals surface area contributed by atoms with Crippen molar-refractivity contribution >= 4 is 28.6 Å². The van der Waals surface area contributed by atoms with E-state index in [1.54, 1.807) is 7.11 Å². The SMILES string of the molecule is CCCCc1c(C)nc2c(OC)cccc2c1SCC(=O)[O-]. The highest BCUT2D eigenvalue weighted by atomic mass is 32.2. The smallest absolute Gasteiger partial charge is 0.145 e. The van der Waals surface area contributed by atoms with Crippen LogP contribution in [-0.4, -0.2) is 23.8 Å². The van der Waals surface area contributed by atoms with Gasteiger partial charge >= 0.3 is 0 Å². The van der Waals surface area contributed by atoms with Crippen LogP contribution in [0.25, 0.3) is 10.9 Å². The standard InChI is InChI=1S/C17H21NO3S/c1-4-5-7-12-11(2)18-16-13(8-6-9-14(16)21-3)17(12)22-10-15(19)20/h6,8-9H,4-5,7,10H2,1-3H3,(H,19,20)/p-1. The van der Waals surface area contributed by atoms with Gasteiger partial charge in [-0.15, -0.1) is 11.8 Å². The average molecular weight is 318 g/mol. The Kier molecular flexibility index (Phi) is 5.66. The molecule has 5 heteroatoms. The first kappa shape index (κ1) is 16.6. The molecule has 1 aromatic carbocycles. The van der Waals surface area contributed by atoms with Gasteiger partial charge in [0, 0.05) is 21.7 Å². The maximum Gasteiger partial charge on any atom is 0.145 e. The van der Waals surface area contributed by atoms with Crippen molar-refractivity contribution in [3.8, 4) is 5.75 Å². The monoisotopic (exact) mass is 318 g/mol. The second-order valence-electron chi connectivity index (χ2n) is 5.13. The molecule has 0 amide bonds. The average Bonchev–Trinajstić information content (AvgIpc) is 2.50. The molecule has 0 saturated carbocycles. The molecular weight excluding hydrogens is 298 g/mol. The van der Waals surface area contributed by atoms with Gasteiger partial charge in [-0.2, -0.15) is 0 Å². The number of para-hydroxylation sites is 1. The second kappa shape index (κ2) is 7.49. The zero-order chi connectivity index (χ0) is 16.1. The van der Waals surface area contributed by atoms with Crippen LogP contribution in [0.5, 0.6) is 5.75 Å². The predicted molar refractivity (Wildman–Crippen MR) is 87.4 cm³/mol. The van der Waals surface area contributed by atoms with E-state index in [1.165, 1.54) is 11.8 Å². The van der Waals surface area contributed by atoms with Crippen LogP contribution >= 0.6 is 11.8 Å². The number of carbonyl (C=O) groups excluding carboxylic acids is 1. The fourth-order valence-corrected chi connectivity index (χ4v) is 3.50. The Balaban J connectivity index is 2.62. The molecule has 1 aromatic heterocycles. The van der Waals surface area contributed by atoms with E-state index < -0.39 is 5.97 Å². The van der Waals surface area contributed by atoms with Gasteiger partial charge in [0.1, 0.15) is 11.3 Å². The first-order valence-electron chi connectivity index (χ1n) is 7.37. The maximum atomic E-state index is 10.9. The van der Waals surface area contributed by atoms with Gasteiger partial charge in [0.2, 0.25) is 0 Å². The Labute approximate surface area is 134 Å². The van der Waals surface area contributed by atoms with E-state index in [0.29, 0.717) is 5.75 Å². The molecule has 0 radical (unpaired) electrons. The first-order valence-corrected chi connectivity index (χ1v) is 8.35. The van der Waals surface area contributed by atoms with E-state index >= 15 is 0 Å². The second-order valence-corrected chi connectivity index (χ2v) is 6.11. The minimum absolute atomic E-state index is 0.0606. The molecule has 0 bridgehead atoms. The molecule has 0 atom stereocenters. The molecular formula is C17H20NO3S-. The summed E-state index contributed by atoms with van der Waals surface area (Å²) in [7, 11) is 1.62. The fourth-order valence-electron chi connectivity index (χ4n) is 2.49. The topological polar surface area (TPSA) is 62.2 Å². The number of methoxy groups -OCH3 is 1. The van der Waals surface area contributed by atoms with Crippen LogP contribution in [0.3, 0.4) is 0 Å². The molecule has 22 heavy (non-hydrogen) atoms. The number of thioether (sulfide) groups is 1. The molecule has 0 saturated heterocycles. The lowest BCUT2D eigenvalue weighted by Gasteiger charge is -2.16. The Morgan fingerprint density at radius 2 is 2.18 bits per heavy atom. The number of fused-ring (bicyclic) bond motifs is 1. The van der Waals surface area contributed by atoms with Crippen molar-refractivity contribution in [1.29, 1.82) is 0 Å². The number of ether oxygens (including phenoxy) is 1. The summed E-state index contributed by atoms with van der Waals surface area (Å²) < 4.78 is 5.38. The van der Waals surface area contributed by atoms with Crippen LogP contribution in [0.1, 0.15) is 31.0 Å². The Bertz CT molecular complexity index is 685. The van der Waals surface area contributed by atoms with Crippen molar-refractivity contribution in [2.24, 2.45) is 0 Å². The van der Waals surface area contributed by atoms with Crippen molar-refractivity contribution in [1.82, 2.24) is 4.98 Å². The zero-order valence-corrected chi connectivity index (χ0v) is 14.0. The summed E-state index contributed by atoms with van der Waals surface area (Å²) in [5.41, 5.74) is 2.85. The van der Waals surface area contributed by atoms with Gasteiger partial charge in [0.25, 0.3) is 0 Å². The highest BCUT2D eigenvalue weighted by Crippen LogP contribution is 2.36. The van der Waals surface area contributed by atoms with E-state index in [1.807, 2.05) is 25.1 Å². The summed E-state index contributed by atoms with van der Waals surface area (Å²) in [6.45, 7) is 4.11. The van der Waals surface area contributed by atoms with Gasteiger partial charge in [-0.3, -0.25) is 0 Å². The largest absolute Gasteiger partial charge is 0.549 e. The lowest BCUT2D eigenvalue weighted by Crippen LogP contribution is -2.24. The minimum atomic E-state index is -1.06.